The van der Waals surface area contributed by atoms with Crippen LogP contribution in [-0.4, -0.2) is 46.0 Å². The van der Waals surface area contributed by atoms with Crippen molar-refractivity contribution in [2.75, 3.05) is 7.05 Å². The van der Waals surface area contributed by atoms with E-state index in [-0.39, 0.29) is 29.8 Å². The summed E-state index contributed by atoms with van der Waals surface area (Å²) in [6.45, 7) is 1.76. The fourth-order valence-electron chi connectivity index (χ4n) is 3.08. The summed E-state index contributed by atoms with van der Waals surface area (Å²) in [4.78, 5) is 27.3. The lowest BCUT2D eigenvalue weighted by atomic mass is 9.87. The Labute approximate surface area is 117 Å². The van der Waals surface area contributed by atoms with E-state index in [9.17, 15) is 14.7 Å². The number of carbonyl (C=O) groups excluding carboxylic acids is 2. The first-order chi connectivity index (χ1) is 9.49. The Bertz CT molecular complexity index is 564. The largest absolute Gasteiger partial charge is 0.508 e. The summed E-state index contributed by atoms with van der Waals surface area (Å²) in [5, 5.41) is 9.49. The lowest BCUT2D eigenvalue weighted by Gasteiger charge is -2.30. The van der Waals surface area contributed by atoms with Crippen LogP contribution in [0, 0.1) is 0 Å². The molecule has 2 aliphatic rings. The predicted molar refractivity (Wildman–Crippen MR) is 73.4 cm³/mol. The van der Waals surface area contributed by atoms with Gasteiger partial charge in [0.25, 0.3) is 5.91 Å². The Morgan fingerprint density at radius 1 is 1.25 bits per heavy atom. The molecular formula is C15H18N2O3. The lowest BCUT2D eigenvalue weighted by molar-refractivity contribution is -0.129. The van der Waals surface area contributed by atoms with Crippen LogP contribution in [0.3, 0.4) is 0 Å². The van der Waals surface area contributed by atoms with Gasteiger partial charge >= 0.3 is 6.03 Å². The summed E-state index contributed by atoms with van der Waals surface area (Å²) in [5.74, 6) is 0.161. The van der Waals surface area contributed by atoms with Crippen molar-refractivity contribution >= 4 is 11.9 Å². The average Bonchev–Trinajstić information content (AvgIpc) is 2.63. The van der Waals surface area contributed by atoms with Gasteiger partial charge in [0.05, 0.1) is 0 Å². The number of aryl methyl sites for hydroxylation is 1. The maximum absolute atomic E-state index is 12.2. The van der Waals surface area contributed by atoms with E-state index < -0.39 is 0 Å². The minimum atomic E-state index is -0.372. The second-order valence-corrected chi connectivity index (χ2v) is 5.63. The molecule has 2 atom stereocenters. The van der Waals surface area contributed by atoms with Crippen LogP contribution in [0.5, 0.6) is 5.75 Å². The molecule has 1 aromatic carbocycles. The Morgan fingerprint density at radius 2 is 2.00 bits per heavy atom. The van der Waals surface area contributed by atoms with Crippen LogP contribution in [0.25, 0.3) is 0 Å². The van der Waals surface area contributed by atoms with Gasteiger partial charge in [-0.1, -0.05) is 6.07 Å². The standard InChI is InChI=1S/C15H18N2O3/c1-9-14(19)17(15(20)16(9)2)12-5-3-11-8-13(18)6-4-10(11)7-12/h4,6,8-9,12,18H,3,5,7H2,1-2H3. The molecule has 1 aliphatic carbocycles. The summed E-state index contributed by atoms with van der Waals surface area (Å²) in [6.07, 6.45) is 2.21. The Kier molecular flexibility index (Phi) is 2.92. The normalized spacial score (nSPS) is 26.1. The Balaban J connectivity index is 1.86. The highest BCUT2D eigenvalue weighted by atomic mass is 16.3. The number of phenols is 1. The first-order valence-corrected chi connectivity index (χ1v) is 6.89. The van der Waals surface area contributed by atoms with Gasteiger partial charge in [-0.05, 0) is 49.4 Å². The number of aromatic hydroxyl groups is 1. The molecule has 3 amide bonds. The van der Waals surface area contributed by atoms with Crippen LogP contribution in [0.2, 0.25) is 0 Å². The molecule has 0 saturated carbocycles. The molecule has 3 rings (SSSR count). The topological polar surface area (TPSA) is 60.9 Å². The van der Waals surface area contributed by atoms with E-state index in [0.717, 1.165) is 24.0 Å². The number of hydrogen-bond donors (Lipinski definition) is 1. The van der Waals surface area contributed by atoms with Crippen LogP contribution in [-0.2, 0) is 17.6 Å². The van der Waals surface area contributed by atoms with Crippen molar-refractivity contribution in [1.29, 1.82) is 0 Å². The molecule has 2 unspecified atom stereocenters. The van der Waals surface area contributed by atoms with Crippen LogP contribution >= 0.6 is 0 Å². The van der Waals surface area contributed by atoms with Gasteiger partial charge < -0.3 is 10.0 Å². The molecule has 1 saturated heterocycles. The van der Waals surface area contributed by atoms with Crippen molar-refractivity contribution in [1.82, 2.24) is 9.80 Å². The van der Waals surface area contributed by atoms with Crippen molar-refractivity contribution in [3.05, 3.63) is 29.3 Å². The zero-order valence-corrected chi connectivity index (χ0v) is 11.7. The summed E-state index contributed by atoms with van der Waals surface area (Å²) < 4.78 is 0. The second-order valence-electron chi connectivity index (χ2n) is 5.63. The van der Waals surface area contributed by atoms with Gasteiger partial charge in [-0.15, -0.1) is 0 Å². The monoisotopic (exact) mass is 274 g/mol. The first-order valence-electron chi connectivity index (χ1n) is 6.89. The van der Waals surface area contributed by atoms with E-state index in [4.69, 9.17) is 0 Å². The third-order valence-corrected chi connectivity index (χ3v) is 4.44. The molecule has 1 aromatic rings. The van der Waals surface area contributed by atoms with E-state index in [0.29, 0.717) is 6.42 Å². The Morgan fingerprint density at radius 3 is 2.65 bits per heavy atom. The molecule has 106 valence electrons. The van der Waals surface area contributed by atoms with Crippen LogP contribution < -0.4 is 0 Å². The fraction of sp³-hybridized carbons (Fsp3) is 0.467. The van der Waals surface area contributed by atoms with Crippen molar-refractivity contribution in [2.45, 2.75) is 38.3 Å². The number of likely N-dealkylation sites (N-methyl/N-ethyl adjacent to an activating group) is 1. The number of fused-ring (bicyclic) bond motifs is 1. The number of phenolic OH excluding ortho intramolecular Hbond substituents is 1. The molecule has 5 heteroatoms. The number of imide groups is 1. The highest BCUT2D eigenvalue weighted by molar-refractivity contribution is 6.04. The zero-order chi connectivity index (χ0) is 14.4. The first kappa shape index (κ1) is 13.0. The molecular weight excluding hydrogens is 256 g/mol. The predicted octanol–water partition coefficient (Wildman–Crippen LogP) is 1.53. The number of amides is 3. The molecule has 20 heavy (non-hydrogen) atoms. The highest BCUT2D eigenvalue weighted by Gasteiger charge is 2.44. The number of benzene rings is 1. The van der Waals surface area contributed by atoms with Gasteiger partial charge in [-0.25, -0.2) is 4.79 Å². The number of hydrogen-bond acceptors (Lipinski definition) is 3. The summed E-state index contributed by atoms with van der Waals surface area (Å²) in [6, 6.07) is 4.67. The van der Waals surface area contributed by atoms with E-state index in [1.165, 1.54) is 9.80 Å². The van der Waals surface area contributed by atoms with Gasteiger partial charge in [0.15, 0.2) is 0 Å². The molecule has 1 heterocycles. The SMILES string of the molecule is CC1C(=O)N(C2CCc3cc(O)ccc3C2)C(=O)N1C. The van der Waals surface area contributed by atoms with Crippen molar-refractivity contribution in [3.8, 4) is 5.75 Å². The Hall–Kier alpha value is -2.04. The molecule has 0 aromatic heterocycles. The van der Waals surface area contributed by atoms with Gasteiger partial charge in [0.2, 0.25) is 0 Å². The maximum Gasteiger partial charge on any atom is 0.327 e. The van der Waals surface area contributed by atoms with Crippen LogP contribution in [0.1, 0.15) is 24.5 Å². The average molecular weight is 274 g/mol. The van der Waals surface area contributed by atoms with E-state index in [1.54, 1.807) is 26.1 Å². The fourth-order valence-corrected chi connectivity index (χ4v) is 3.08. The van der Waals surface area contributed by atoms with E-state index in [1.807, 2.05) is 6.07 Å². The highest BCUT2D eigenvalue weighted by Crippen LogP contribution is 2.30. The van der Waals surface area contributed by atoms with Gasteiger partial charge in [-0.3, -0.25) is 9.69 Å². The summed E-state index contributed by atoms with van der Waals surface area (Å²) >= 11 is 0. The van der Waals surface area contributed by atoms with E-state index >= 15 is 0 Å². The molecule has 0 radical (unpaired) electrons. The number of nitrogens with zero attached hydrogens (tertiary/aromatic N) is 2. The molecule has 1 fully saturated rings. The number of rotatable bonds is 1. The molecule has 1 N–H and O–H groups in total. The maximum atomic E-state index is 12.2. The van der Waals surface area contributed by atoms with Gasteiger partial charge in [0, 0.05) is 13.1 Å². The van der Waals surface area contributed by atoms with Gasteiger partial charge in [-0.2, -0.15) is 0 Å². The van der Waals surface area contributed by atoms with Crippen LogP contribution in [0.4, 0.5) is 4.79 Å². The van der Waals surface area contributed by atoms with Crippen molar-refractivity contribution < 1.29 is 14.7 Å². The minimum Gasteiger partial charge on any atom is -0.508 e. The van der Waals surface area contributed by atoms with Crippen molar-refractivity contribution in [3.63, 3.8) is 0 Å². The smallest absolute Gasteiger partial charge is 0.327 e. The molecule has 0 spiro atoms. The summed E-state index contributed by atoms with van der Waals surface area (Å²) in [5.41, 5.74) is 2.23. The third-order valence-electron chi connectivity index (χ3n) is 4.44. The molecule has 1 aliphatic heterocycles. The minimum absolute atomic E-state index is 0.0700. The van der Waals surface area contributed by atoms with Crippen molar-refractivity contribution in [2.24, 2.45) is 0 Å². The van der Waals surface area contributed by atoms with Crippen LogP contribution in [0.15, 0.2) is 18.2 Å². The molecule has 5 nitrogen and oxygen atoms in total. The summed E-state index contributed by atoms with van der Waals surface area (Å²) in [7, 11) is 1.67. The number of urea groups is 1. The van der Waals surface area contributed by atoms with E-state index in [2.05, 4.69) is 0 Å². The third kappa shape index (κ3) is 1.85. The quantitative estimate of drug-likeness (QED) is 0.790. The second kappa shape index (κ2) is 4.51. The zero-order valence-electron chi connectivity index (χ0n) is 11.7. The number of carbonyl (C=O) groups is 2. The van der Waals surface area contributed by atoms with Gasteiger partial charge in [0.1, 0.15) is 11.8 Å². The molecule has 0 bridgehead atoms. The lowest BCUT2D eigenvalue weighted by Crippen LogP contribution is -2.44.